The van der Waals surface area contributed by atoms with E-state index < -0.39 is 0 Å². The van der Waals surface area contributed by atoms with Crippen LogP contribution in [0.15, 0.2) is 48.8 Å². The summed E-state index contributed by atoms with van der Waals surface area (Å²) in [6.07, 6.45) is 4.55. The molecule has 0 radical (unpaired) electrons. The lowest BCUT2D eigenvalue weighted by Crippen LogP contribution is -2.27. The molecular formula is C19H22N4O2. The SMILES string of the molecule is COCCNC(=O)c1ccnc(NCCc2c[nH]c3ccccc23)c1. The summed E-state index contributed by atoms with van der Waals surface area (Å²) < 4.78 is 4.93. The summed E-state index contributed by atoms with van der Waals surface area (Å²) in [5.74, 6) is 0.568. The van der Waals surface area contributed by atoms with Crippen molar-refractivity contribution in [3.8, 4) is 0 Å². The van der Waals surface area contributed by atoms with E-state index in [0.29, 0.717) is 24.5 Å². The molecule has 0 aliphatic carbocycles. The minimum atomic E-state index is -0.126. The van der Waals surface area contributed by atoms with E-state index in [4.69, 9.17) is 4.74 Å². The lowest BCUT2D eigenvalue weighted by Gasteiger charge is -2.08. The maximum Gasteiger partial charge on any atom is 0.251 e. The number of carbonyl (C=O) groups excluding carboxylic acids is 1. The number of nitrogens with one attached hydrogen (secondary N) is 3. The summed E-state index contributed by atoms with van der Waals surface area (Å²) in [7, 11) is 1.61. The third-order valence-corrected chi connectivity index (χ3v) is 3.99. The average molecular weight is 338 g/mol. The van der Waals surface area contributed by atoms with Gasteiger partial charge in [0.15, 0.2) is 0 Å². The number of amides is 1. The number of aromatic nitrogens is 2. The van der Waals surface area contributed by atoms with Crippen molar-refractivity contribution in [3.05, 3.63) is 59.9 Å². The Balaban J connectivity index is 1.56. The predicted octanol–water partition coefficient (Wildman–Crippen LogP) is 2.59. The molecular weight excluding hydrogens is 316 g/mol. The van der Waals surface area contributed by atoms with Gasteiger partial charge in [-0.25, -0.2) is 4.98 Å². The number of rotatable bonds is 8. The number of pyridine rings is 1. The molecule has 6 heteroatoms. The molecule has 0 aliphatic heterocycles. The van der Waals surface area contributed by atoms with Crippen molar-refractivity contribution < 1.29 is 9.53 Å². The molecule has 130 valence electrons. The molecule has 25 heavy (non-hydrogen) atoms. The molecule has 3 N–H and O–H groups in total. The zero-order chi connectivity index (χ0) is 17.5. The summed E-state index contributed by atoms with van der Waals surface area (Å²) in [5.41, 5.74) is 2.99. The summed E-state index contributed by atoms with van der Waals surface area (Å²) in [6, 6.07) is 11.7. The first-order valence-electron chi connectivity index (χ1n) is 8.30. The van der Waals surface area contributed by atoms with E-state index in [1.165, 1.54) is 10.9 Å². The number of benzene rings is 1. The minimum Gasteiger partial charge on any atom is -0.383 e. The number of ether oxygens (including phenoxy) is 1. The van der Waals surface area contributed by atoms with Crippen LogP contribution in [0.3, 0.4) is 0 Å². The Morgan fingerprint density at radius 3 is 3.00 bits per heavy atom. The maximum absolute atomic E-state index is 12.1. The molecule has 1 aromatic carbocycles. The Hall–Kier alpha value is -2.86. The minimum absolute atomic E-state index is 0.126. The van der Waals surface area contributed by atoms with E-state index >= 15 is 0 Å². The van der Waals surface area contributed by atoms with Crippen LogP contribution in [0.5, 0.6) is 0 Å². The molecule has 1 amide bonds. The second-order valence-corrected chi connectivity index (χ2v) is 5.71. The molecule has 2 aromatic heterocycles. The maximum atomic E-state index is 12.1. The van der Waals surface area contributed by atoms with E-state index in [1.54, 1.807) is 25.4 Å². The van der Waals surface area contributed by atoms with E-state index in [-0.39, 0.29) is 5.91 Å². The Bertz CT molecular complexity index is 844. The van der Waals surface area contributed by atoms with E-state index in [9.17, 15) is 4.79 Å². The monoisotopic (exact) mass is 338 g/mol. The first-order chi connectivity index (χ1) is 12.3. The number of nitrogens with zero attached hydrogens (tertiary/aromatic N) is 1. The Morgan fingerprint density at radius 2 is 2.12 bits per heavy atom. The number of fused-ring (bicyclic) bond motifs is 1. The zero-order valence-corrected chi connectivity index (χ0v) is 14.2. The molecule has 0 aliphatic rings. The fourth-order valence-corrected chi connectivity index (χ4v) is 2.70. The van der Waals surface area contributed by atoms with Gasteiger partial charge in [0.25, 0.3) is 5.91 Å². The van der Waals surface area contributed by atoms with Crippen LogP contribution in [0, 0.1) is 0 Å². The van der Waals surface area contributed by atoms with Gasteiger partial charge in [-0.3, -0.25) is 4.79 Å². The normalized spacial score (nSPS) is 10.8. The van der Waals surface area contributed by atoms with Gasteiger partial charge in [0.2, 0.25) is 0 Å². The zero-order valence-electron chi connectivity index (χ0n) is 14.2. The van der Waals surface area contributed by atoms with Crippen molar-refractivity contribution in [2.45, 2.75) is 6.42 Å². The Morgan fingerprint density at radius 1 is 1.24 bits per heavy atom. The first kappa shape index (κ1) is 17.0. The van der Waals surface area contributed by atoms with E-state index in [1.807, 2.05) is 18.3 Å². The highest BCUT2D eigenvalue weighted by Gasteiger charge is 2.07. The van der Waals surface area contributed by atoms with Gasteiger partial charge in [0.1, 0.15) is 5.82 Å². The van der Waals surface area contributed by atoms with Gasteiger partial charge in [0, 0.05) is 49.1 Å². The van der Waals surface area contributed by atoms with Crippen LogP contribution in [0.2, 0.25) is 0 Å². The van der Waals surface area contributed by atoms with Crippen LogP contribution in [-0.4, -0.2) is 42.7 Å². The number of para-hydroxylation sites is 1. The van der Waals surface area contributed by atoms with Crippen LogP contribution >= 0.6 is 0 Å². The van der Waals surface area contributed by atoms with Gasteiger partial charge in [-0.2, -0.15) is 0 Å². The van der Waals surface area contributed by atoms with E-state index in [0.717, 1.165) is 18.5 Å². The third-order valence-electron chi connectivity index (χ3n) is 3.99. The number of H-pyrrole nitrogens is 1. The molecule has 6 nitrogen and oxygen atoms in total. The Labute approximate surface area is 146 Å². The summed E-state index contributed by atoms with van der Waals surface area (Å²) >= 11 is 0. The molecule has 3 rings (SSSR count). The van der Waals surface area contributed by atoms with Gasteiger partial charge in [0.05, 0.1) is 6.61 Å². The highest BCUT2D eigenvalue weighted by molar-refractivity contribution is 5.94. The largest absolute Gasteiger partial charge is 0.383 e. The average Bonchev–Trinajstić information content (AvgIpc) is 3.05. The van der Waals surface area contributed by atoms with Crippen LogP contribution < -0.4 is 10.6 Å². The van der Waals surface area contributed by atoms with Crippen molar-refractivity contribution in [2.75, 3.05) is 32.1 Å². The summed E-state index contributed by atoms with van der Waals surface area (Å²) in [5, 5.41) is 7.32. The molecule has 0 atom stereocenters. The molecule has 3 aromatic rings. The van der Waals surface area contributed by atoms with Crippen LogP contribution in [0.25, 0.3) is 10.9 Å². The summed E-state index contributed by atoms with van der Waals surface area (Å²) in [6.45, 7) is 1.72. The van der Waals surface area contributed by atoms with Crippen molar-refractivity contribution in [1.29, 1.82) is 0 Å². The topological polar surface area (TPSA) is 79.0 Å². The number of aromatic amines is 1. The highest BCUT2D eigenvalue weighted by atomic mass is 16.5. The van der Waals surface area contributed by atoms with Crippen molar-refractivity contribution >= 4 is 22.6 Å². The van der Waals surface area contributed by atoms with E-state index in [2.05, 4.69) is 32.7 Å². The lowest BCUT2D eigenvalue weighted by molar-refractivity contribution is 0.0937. The van der Waals surface area contributed by atoms with Crippen LogP contribution in [-0.2, 0) is 11.2 Å². The number of anilines is 1. The number of methoxy groups -OCH3 is 1. The van der Waals surface area contributed by atoms with Gasteiger partial charge in [-0.05, 0) is 30.2 Å². The van der Waals surface area contributed by atoms with Crippen molar-refractivity contribution in [2.24, 2.45) is 0 Å². The second kappa shape index (κ2) is 8.30. The number of carbonyl (C=O) groups is 1. The van der Waals surface area contributed by atoms with Crippen molar-refractivity contribution in [3.63, 3.8) is 0 Å². The van der Waals surface area contributed by atoms with Crippen molar-refractivity contribution in [1.82, 2.24) is 15.3 Å². The van der Waals surface area contributed by atoms with Gasteiger partial charge in [-0.15, -0.1) is 0 Å². The standard InChI is InChI=1S/C19H22N4O2/c1-25-11-10-22-19(24)14-6-8-20-18(12-14)21-9-7-15-13-23-17-5-3-2-4-16(15)17/h2-6,8,12-13,23H,7,9-11H2,1H3,(H,20,21)(H,22,24). The predicted molar refractivity (Wildman–Crippen MR) is 98.9 cm³/mol. The fraction of sp³-hybridized carbons (Fsp3) is 0.263. The molecule has 0 spiro atoms. The number of hydrogen-bond donors (Lipinski definition) is 3. The van der Waals surface area contributed by atoms with Gasteiger partial charge >= 0.3 is 0 Å². The van der Waals surface area contributed by atoms with Gasteiger partial charge in [-0.1, -0.05) is 18.2 Å². The first-order valence-corrected chi connectivity index (χ1v) is 8.30. The third kappa shape index (κ3) is 4.36. The molecule has 0 unspecified atom stereocenters. The lowest BCUT2D eigenvalue weighted by atomic mass is 10.1. The molecule has 0 saturated heterocycles. The molecule has 0 bridgehead atoms. The quantitative estimate of drug-likeness (QED) is 0.552. The smallest absolute Gasteiger partial charge is 0.251 e. The second-order valence-electron chi connectivity index (χ2n) is 5.71. The van der Waals surface area contributed by atoms with Crippen LogP contribution in [0.4, 0.5) is 5.82 Å². The van der Waals surface area contributed by atoms with Crippen LogP contribution in [0.1, 0.15) is 15.9 Å². The molecule has 0 saturated carbocycles. The highest BCUT2D eigenvalue weighted by Crippen LogP contribution is 2.18. The number of hydrogen-bond acceptors (Lipinski definition) is 4. The molecule has 0 fully saturated rings. The Kier molecular flexibility index (Phi) is 5.64. The fourth-order valence-electron chi connectivity index (χ4n) is 2.70. The summed E-state index contributed by atoms with van der Waals surface area (Å²) in [4.78, 5) is 19.6. The molecule has 2 heterocycles. The van der Waals surface area contributed by atoms with Gasteiger partial charge < -0.3 is 20.4 Å².